The van der Waals surface area contributed by atoms with Crippen LogP contribution in [-0.4, -0.2) is 37.2 Å². The molecule has 0 N–H and O–H groups in total. The summed E-state index contributed by atoms with van der Waals surface area (Å²) in [4.78, 5) is 37.9. The number of carbonyl (C=O) groups is 3. The topological polar surface area (TPSA) is 78.9 Å². The SMILES string of the molecule is CCCCCCCCCCCCCCCCCC(=O)OC[C@@H](COC(=O)CCCCCCCCCCCCCC)OC(=O)CCCCCCCCCCCCCCC. The van der Waals surface area contributed by atoms with E-state index in [-0.39, 0.29) is 31.1 Å². The van der Waals surface area contributed by atoms with Crippen molar-refractivity contribution in [1.82, 2.24) is 0 Å². The number of esters is 3. The Labute approximate surface area is 361 Å². The van der Waals surface area contributed by atoms with E-state index in [4.69, 9.17) is 14.2 Å². The van der Waals surface area contributed by atoms with Gasteiger partial charge in [0, 0.05) is 19.3 Å². The molecule has 6 heteroatoms. The molecule has 0 radical (unpaired) electrons. The molecule has 344 valence electrons. The Morgan fingerprint density at radius 2 is 0.466 bits per heavy atom. The molecule has 0 aliphatic rings. The minimum atomic E-state index is -0.759. The lowest BCUT2D eigenvalue weighted by molar-refractivity contribution is -0.167. The van der Waals surface area contributed by atoms with E-state index in [0.717, 1.165) is 57.8 Å². The van der Waals surface area contributed by atoms with Crippen LogP contribution in [0.25, 0.3) is 0 Å². The van der Waals surface area contributed by atoms with Crippen molar-refractivity contribution in [3.8, 4) is 0 Å². The van der Waals surface area contributed by atoms with E-state index in [1.54, 1.807) is 0 Å². The van der Waals surface area contributed by atoms with Crippen LogP contribution in [0.4, 0.5) is 0 Å². The maximum absolute atomic E-state index is 12.8. The second-order valence-corrected chi connectivity index (χ2v) is 17.8. The summed E-state index contributed by atoms with van der Waals surface area (Å²) in [6.07, 6.45) is 50.8. The lowest BCUT2D eigenvalue weighted by atomic mass is 10.0. The van der Waals surface area contributed by atoms with Gasteiger partial charge in [0.15, 0.2) is 6.10 Å². The summed E-state index contributed by atoms with van der Waals surface area (Å²) in [6, 6.07) is 0. The van der Waals surface area contributed by atoms with Gasteiger partial charge in [-0.3, -0.25) is 14.4 Å². The fourth-order valence-corrected chi connectivity index (χ4v) is 7.92. The summed E-state index contributed by atoms with van der Waals surface area (Å²) >= 11 is 0. The number of ether oxygens (including phenoxy) is 3. The minimum Gasteiger partial charge on any atom is -0.462 e. The summed E-state index contributed by atoms with van der Waals surface area (Å²) in [5.74, 6) is -0.840. The standard InChI is InChI=1S/C52H100O6/c1-4-7-10-13-16-19-22-25-26-28-30-33-36-39-42-45-51(54)57-48-49(47-56-50(53)44-41-38-35-32-29-24-21-18-15-12-9-6-3)58-52(55)46-43-40-37-34-31-27-23-20-17-14-11-8-5-2/h49H,4-48H2,1-3H3/t49-/m1/s1. The summed E-state index contributed by atoms with van der Waals surface area (Å²) < 4.78 is 16.8. The van der Waals surface area contributed by atoms with Crippen LogP contribution in [0.2, 0.25) is 0 Å². The van der Waals surface area contributed by atoms with Gasteiger partial charge in [0.2, 0.25) is 0 Å². The van der Waals surface area contributed by atoms with Gasteiger partial charge < -0.3 is 14.2 Å². The number of rotatable bonds is 48. The monoisotopic (exact) mass is 821 g/mol. The average molecular weight is 821 g/mol. The largest absolute Gasteiger partial charge is 0.462 e. The molecule has 1 atom stereocenters. The third-order valence-corrected chi connectivity index (χ3v) is 11.9. The highest BCUT2D eigenvalue weighted by atomic mass is 16.6. The maximum atomic E-state index is 12.8. The number of hydrogen-bond donors (Lipinski definition) is 0. The third kappa shape index (κ3) is 45.5. The van der Waals surface area contributed by atoms with E-state index < -0.39 is 6.10 Å². The van der Waals surface area contributed by atoms with Crippen molar-refractivity contribution in [2.24, 2.45) is 0 Å². The highest BCUT2D eigenvalue weighted by molar-refractivity contribution is 5.71. The van der Waals surface area contributed by atoms with Crippen molar-refractivity contribution in [2.45, 2.75) is 303 Å². The lowest BCUT2D eigenvalue weighted by Crippen LogP contribution is -2.30. The molecule has 0 aliphatic carbocycles. The predicted molar refractivity (Wildman–Crippen MR) is 247 cm³/mol. The molecular formula is C52H100O6. The van der Waals surface area contributed by atoms with E-state index in [2.05, 4.69) is 20.8 Å². The molecule has 0 aliphatic heterocycles. The van der Waals surface area contributed by atoms with Crippen LogP contribution in [-0.2, 0) is 28.6 Å². The number of carbonyl (C=O) groups excluding carboxylic acids is 3. The first kappa shape index (κ1) is 56.4. The van der Waals surface area contributed by atoms with Crippen molar-refractivity contribution in [2.75, 3.05) is 13.2 Å². The van der Waals surface area contributed by atoms with E-state index in [1.807, 2.05) is 0 Å². The Morgan fingerprint density at radius 3 is 0.690 bits per heavy atom. The van der Waals surface area contributed by atoms with Gasteiger partial charge in [-0.25, -0.2) is 0 Å². The van der Waals surface area contributed by atoms with Crippen LogP contribution in [0, 0.1) is 0 Å². The molecule has 0 heterocycles. The Morgan fingerprint density at radius 1 is 0.276 bits per heavy atom. The molecule has 0 bridgehead atoms. The molecule has 0 fully saturated rings. The molecule has 0 saturated heterocycles. The molecular weight excluding hydrogens is 721 g/mol. The predicted octanol–water partition coefficient (Wildman–Crippen LogP) is 16.8. The molecule has 0 aromatic heterocycles. The van der Waals surface area contributed by atoms with Gasteiger partial charge in [-0.05, 0) is 19.3 Å². The van der Waals surface area contributed by atoms with Crippen LogP contribution in [0.3, 0.4) is 0 Å². The van der Waals surface area contributed by atoms with Gasteiger partial charge in [-0.2, -0.15) is 0 Å². The molecule has 0 aromatic carbocycles. The molecule has 0 rings (SSSR count). The molecule has 0 spiro atoms. The van der Waals surface area contributed by atoms with E-state index >= 15 is 0 Å². The number of hydrogen-bond acceptors (Lipinski definition) is 6. The second kappa shape index (κ2) is 48.1. The minimum absolute atomic E-state index is 0.0617. The van der Waals surface area contributed by atoms with Crippen molar-refractivity contribution in [3.05, 3.63) is 0 Å². The molecule has 6 nitrogen and oxygen atoms in total. The van der Waals surface area contributed by atoms with E-state index in [9.17, 15) is 14.4 Å². The highest BCUT2D eigenvalue weighted by Gasteiger charge is 2.19. The van der Waals surface area contributed by atoms with Gasteiger partial charge in [0.25, 0.3) is 0 Å². The number of unbranched alkanes of at least 4 members (excludes halogenated alkanes) is 37. The average Bonchev–Trinajstić information content (AvgIpc) is 3.22. The second-order valence-electron chi connectivity index (χ2n) is 17.8. The fourth-order valence-electron chi connectivity index (χ4n) is 7.92. The first-order valence-corrected chi connectivity index (χ1v) is 26.0. The van der Waals surface area contributed by atoms with Gasteiger partial charge >= 0.3 is 17.9 Å². The van der Waals surface area contributed by atoms with Crippen LogP contribution in [0.5, 0.6) is 0 Å². The highest BCUT2D eigenvalue weighted by Crippen LogP contribution is 2.17. The van der Waals surface area contributed by atoms with Gasteiger partial charge in [0.1, 0.15) is 13.2 Å². The van der Waals surface area contributed by atoms with Gasteiger partial charge in [0.05, 0.1) is 0 Å². The Balaban J connectivity index is 4.30. The zero-order valence-corrected chi connectivity index (χ0v) is 39.3. The lowest BCUT2D eigenvalue weighted by Gasteiger charge is -2.18. The maximum Gasteiger partial charge on any atom is 0.306 e. The summed E-state index contributed by atoms with van der Waals surface area (Å²) in [7, 11) is 0. The molecule has 0 aromatic rings. The normalized spacial score (nSPS) is 11.8. The molecule has 0 unspecified atom stereocenters. The summed E-state index contributed by atoms with van der Waals surface area (Å²) in [5.41, 5.74) is 0. The smallest absolute Gasteiger partial charge is 0.306 e. The van der Waals surface area contributed by atoms with Crippen molar-refractivity contribution >= 4 is 17.9 Å². The van der Waals surface area contributed by atoms with Crippen LogP contribution in [0.15, 0.2) is 0 Å². The van der Waals surface area contributed by atoms with Crippen LogP contribution in [0.1, 0.15) is 297 Å². The summed E-state index contributed by atoms with van der Waals surface area (Å²) in [5, 5.41) is 0. The molecule has 0 saturated carbocycles. The van der Waals surface area contributed by atoms with Crippen LogP contribution < -0.4 is 0 Å². The third-order valence-electron chi connectivity index (χ3n) is 11.9. The van der Waals surface area contributed by atoms with Crippen molar-refractivity contribution < 1.29 is 28.6 Å². The Kier molecular flexibility index (Phi) is 46.8. The fraction of sp³-hybridized carbons (Fsp3) is 0.942. The Hall–Kier alpha value is -1.59. The van der Waals surface area contributed by atoms with E-state index in [0.29, 0.717) is 19.3 Å². The summed E-state index contributed by atoms with van der Waals surface area (Å²) in [6.45, 7) is 6.68. The molecule has 0 amide bonds. The van der Waals surface area contributed by atoms with Crippen molar-refractivity contribution in [3.63, 3.8) is 0 Å². The first-order chi connectivity index (χ1) is 28.5. The zero-order valence-electron chi connectivity index (χ0n) is 39.3. The van der Waals surface area contributed by atoms with Crippen molar-refractivity contribution in [1.29, 1.82) is 0 Å². The van der Waals surface area contributed by atoms with Crippen LogP contribution >= 0.6 is 0 Å². The first-order valence-electron chi connectivity index (χ1n) is 26.0. The quantitative estimate of drug-likeness (QED) is 0.0346. The van der Waals surface area contributed by atoms with Gasteiger partial charge in [-0.1, -0.05) is 258 Å². The van der Waals surface area contributed by atoms with Gasteiger partial charge in [-0.15, -0.1) is 0 Å². The molecule has 58 heavy (non-hydrogen) atoms. The zero-order chi connectivity index (χ0) is 42.3. The van der Waals surface area contributed by atoms with E-state index in [1.165, 1.54) is 199 Å². The Bertz CT molecular complexity index is 859.